The zero-order valence-corrected chi connectivity index (χ0v) is 14.7. The number of hydroxylamine groups is 3. The number of nitrogens with zero attached hydrogens (tertiary/aromatic N) is 1. The van der Waals surface area contributed by atoms with E-state index < -0.39 is 22.8 Å². The van der Waals surface area contributed by atoms with E-state index in [-0.39, 0.29) is 18.3 Å². The molecule has 0 radical (unpaired) electrons. The molecule has 0 spiro atoms. The molecular weight excluding hydrogens is 335 g/mol. The van der Waals surface area contributed by atoms with Crippen LogP contribution < -0.4 is 5.32 Å². The van der Waals surface area contributed by atoms with Gasteiger partial charge in [0, 0.05) is 18.9 Å². The highest BCUT2D eigenvalue weighted by Gasteiger charge is 2.49. The zero-order chi connectivity index (χ0) is 18.7. The first-order valence-electron chi connectivity index (χ1n) is 8.74. The van der Waals surface area contributed by atoms with Crippen molar-refractivity contribution in [3.8, 4) is 0 Å². The molecule has 3 N–H and O–H groups in total. The Morgan fingerprint density at radius 2 is 1.81 bits per heavy atom. The SMILES string of the molecule is CC(=O)N[C@@H](c1ccccc1)C(c1ccc(F)cc1)[N+]1(O)CC[C@H](O)C1. The van der Waals surface area contributed by atoms with Crippen LogP contribution in [0.3, 0.4) is 0 Å². The molecule has 2 aromatic rings. The van der Waals surface area contributed by atoms with Crippen molar-refractivity contribution in [3.05, 3.63) is 71.5 Å². The van der Waals surface area contributed by atoms with Gasteiger partial charge in [-0.3, -0.25) is 4.79 Å². The van der Waals surface area contributed by atoms with Gasteiger partial charge in [-0.1, -0.05) is 30.3 Å². The van der Waals surface area contributed by atoms with Crippen molar-refractivity contribution in [2.45, 2.75) is 31.5 Å². The fourth-order valence-corrected chi connectivity index (χ4v) is 3.80. The topological polar surface area (TPSA) is 69.6 Å². The Kier molecular flexibility index (Phi) is 5.36. The lowest BCUT2D eigenvalue weighted by molar-refractivity contribution is -1.12. The number of likely N-dealkylation sites (tertiary alicyclic amines) is 1. The lowest BCUT2D eigenvalue weighted by Crippen LogP contribution is -2.51. The van der Waals surface area contributed by atoms with E-state index in [1.165, 1.54) is 19.1 Å². The van der Waals surface area contributed by atoms with Gasteiger partial charge in [0.1, 0.15) is 31.1 Å². The first kappa shape index (κ1) is 18.5. The number of aliphatic hydroxyl groups excluding tert-OH is 1. The van der Waals surface area contributed by atoms with E-state index in [4.69, 9.17) is 0 Å². The maximum absolute atomic E-state index is 13.4. The molecule has 2 unspecified atom stereocenters. The molecule has 1 amide bonds. The van der Waals surface area contributed by atoms with E-state index in [1.54, 1.807) is 12.1 Å². The number of nitrogens with one attached hydrogen (secondary N) is 1. The van der Waals surface area contributed by atoms with Crippen LogP contribution in [-0.4, -0.2) is 40.1 Å². The van der Waals surface area contributed by atoms with Crippen molar-refractivity contribution in [2.75, 3.05) is 13.1 Å². The molecular formula is C20H24FN2O3+. The van der Waals surface area contributed by atoms with Gasteiger partial charge in [-0.2, -0.15) is 4.65 Å². The van der Waals surface area contributed by atoms with E-state index in [2.05, 4.69) is 5.32 Å². The molecule has 0 aromatic heterocycles. The molecule has 26 heavy (non-hydrogen) atoms. The summed E-state index contributed by atoms with van der Waals surface area (Å²) in [4.78, 5) is 11.9. The van der Waals surface area contributed by atoms with Crippen molar-refractivity contribution in [3.63, 3.8) is 0 Å². The Labute approximate surface area is 152 Å². The first-order chi connectivity index (χ1) is 12.4. The fraction of sp³-hybridized carbons (Fsp3) is 0.350. The Bertz CT molecular complexity index is 753. The lowest BCUT2D eigenvalue weighted by atomic mass is 9.91. The summed E-state index contributed by atoms with van der Waals surface area (Å²) in [5, 5.41) is 24.3. The van der Waals surface area contributed by atoms with Gasteiger partial charge >= 0.3 is 0 Å². The maximum Gasteiger partial charge on any atom is 0.217 e. The monoisotopic (exact) mass is 359 g/mol. The Balaban J connectivity index is 2.10. The minimum Gasteiger partial charge on any atom is -0.387 e. The smallest absolute Gasteiger partial charge is 0.217 e. The highest BCUT2D eigenvalue weighted by molar-refractivity contribution is 5.73. The molecule has 1 fully saturated rings. The molecule has 0 aliphatic carbocycles. The second kappa shape index (κ2) is 7.53. The number of benzene rings is 2. The third kappa shape index (κ3) is 3.93. The van der Waals surface area contributed by atoms with Crippen molar-refractivity contribution in [2.24, 2.45) is 0 Å². The van der Waals surface area contributed by atoms with Gasteiger partial charge in [-0.25, -0.2) is 9.60 Å². The van der Waals surface area contributed by atoms with Gasteiger partial charge in [0.2, 0.25) is 5.91 Å². The average Bonchev–Trinajstić information content (AvgIpc) is 2.96. The lowest BCUT2D eigenvalue weighted by Gasteiger charge is -2.39. The summed E-state index contributed by atoms with van der Waals surface area (Å²) >= 11 is 0. The van der Waals surface area contributed by atoms with Gasteiger partial charge in [-0.15, -0.1) is 0 Å². The number of quaternary nitrogens is 1. The molecule has 0 bridgehead atoms. The number of hydrogen-bond acceptors (Lipinski definition) is 3. The largest absolute Gasteiger partial charge is 0.387 e. The molecule has 1 aliphatic rings. The Morgan fingerprint density at radius 1 is 1.15 bits per heavy atom. The summed E-state index contributed by atoms with van der Waals surface area (Å²) < 4.78 is 13.0. The van der Waals surface area contributed by atoms with Gasteiger partial charge in [0.05, 0.1) is 0 Å². The molecule has 5 nitrogen and oxygen atoms in total. The molecule has 6 heteroatoms. The summed E-state index contributed by atoms with van der Waals surface area (Å²) in [5.41, 5.74) is 1.54. The number of amides is 1. The second-order valence-corrected chi connectivity index (χ2v) is 6.92. The molecule has 4 atom stereocenters. The predicted octanol–water partition coefficient (Wildman–Crippen LogP) is 2.71. The zero-order valence-electron chi connectivity index (χ0n) is 14.7. The van der Waals surface area contributed by atoms with Crippen LogP contribution in [0.15, 0.2) is 54.6 Å². The number of hydrogen-bond donors (Lipinski definition) is 3. The van der Waals surface area contributed by atoms with Crippen LogP contribution in [0.25, 0.3) is 0 Å². The number of carbonyl (C=O) groups excluding carboxylic acids is 1. The summed E-state index contributed by atoms with van der Waals surface area (Å²) in [6.45, 7) is 1.94. The van der Waals surface area contributed by atoms with Crippen LogP contribution in [0.5, 0.6) is 0 Å². The second-order valence-electron chi connectivity index (χ2n) is 6.92. The fourth-order valence-electron chi connectivity index (χ4n) is 3.80. The van der Waals surface area contributed by atoms with E-state index in [0.29, 0.717) is 18.5 Å². The van der Waals surface area contributed by atoms with E-state index in [0.717, 1.165) is 5.56 Å². The Hall–Kier alpha value is -2.28. The van der Waals surface area contributed by atoms with Crippen LogP contribution >= 0.6 is 0 Å². The number of halogens is 1. The summed E-state index contributed by atoms with van der Waals surface area (Å²) in [5.74, 6) is -0.591. The van der Waals surface area contributed by atoms with Crippen molar-refractivity contribution in [1.29, 1.82) is 0 Å². The third-order valence-electron chi connectivity index (χ3n) is 4.94. The average molecular weight is 359 g/mol. The maximum atomic E-state index is 13.4. The molecule has 2 aromatic carbocycles. The predicted molar refractivity (Wildman–Crippen MR) is 94.5 cm³/mol. The minimum absolute atomic E-state index is 0.158. The summed E-state index contributed by atoms with van der Waals surface area (Å²) in [6.07, 6.45) is -0.146. The van der Waals surface area contributed by atoms with Crippen molar-refractivity contribution >= 4 is 5.91 Å². The minimum atomic E-state index is -0.614. The van der Waals surface area contributed by atoms with Gasteiger partial charge in [0.15, 0.2) is 6.04 Å². The van der Waals surface area contributed by atoms with Crippen LogP contribution in [0.4, 0.5) is 4.39 Å². The van der Waals surface area contributed by atoms with E-state index in [9.17, 15) is 19.5 Å². The molecule has 1 saturated heterocycles. The van der Waals surface area contributed by atoms with E-state index in [1.807, 2.05) is 30.3 Å². The van der Waals surface area contributed by atoms with Gasteiger partial charge in [0.25, 0.3) is 0 Å². The Morgan fingerprint density at radius 3 is 2.35 bits per heavy atom. The van der Waals surface area contributed by atoms with E-state index >= 15 is 0 Å². The normalized spacial score (nSPS) is 24.8. The van der Waals surface area contributed by atoms with Crippen LogP contribution in [0, 0.1) is 5.82 Å². The van der Waals surface area contributed by atoms with Gasteiger partial charge < -0.3 is 10.4 Å². The number of rotatable bonds is 5. The summed E-state index contributed by atoms with van der Waals surface area (Å²) in [7, 11) is 0. The molecule has 138 valence electrons. The van der Waals surface area contributed by atoms with Crippen LogP contribution in [0.2, 0.25) is 0 Å². The first-order valence-corrected chi connectivity index (χ1v) is 8.74. The highest BCUT2D eigenvalue weighted by Crippen LogP contribution is 2.41. The standard InChI is InChI=1S/C20H23FN2O3/c1-14(24)22-19(15-5-3-2-4-6-15)20(16-7-9-17(21)10-8-16)23(26)12-11-18(25)13-23/h2-10,18-20,25-26H,11-13H2,1H3/p+1/t18-,19-,20?,23?/m0/s1. The van der Waals surface area contributed by atoms with Crippen molar-refractivity contribution < 1.29 is 24.1 Å². The van der Waals surface area contributed by atoms with Gasteiger partial charge in [-0.05, 0) is 29.8 Å². The molecule has 0 saturated carbocycles. The number of carbonyl (C=O) groups is 1. The summed E-state index contributed by atoms with van der Waals surface area (Å²) in [6, 6.07) is 14.2. The third-order valence-corrected chi connectivity index (χ3v) is 4.94. The molecule has 3 rings (SSSR count). The van der Waals surface area contributed by atoms with Crippen LogP contribution in [0.1, 0.15) is 36.6 Å². The van der Waals surface area contributed by atoms with Crippen molar-refractivity contribution in [1.82, 2.24) is 5.32 Å². The molecule has 1 heterocycles. The molecule has 1 aliphatic heterocycles. The quantitative estimate of drug-likeness (QED) is 0.719. The highest BCUT2D eigenvalue weighted by atomic mass is 19.1. The van der Waals surface area contributed by atoms with Crippen LogP contribution in [-0.2, 0) is 4.79 Å². The number of aliphatic hydroxyl groups is 1.